The highest BCUT2D eigenvalue weighted by Crippen LogP contribution is 2.37. The zero-order valence-electron chi connectivity index (χ0n) is 15.9. The molecule has 4 nitrogen and oxygen atoms in total. The van der Waals surface area contributed by atoms with Crippen molar-refractivity contribution in [3.8, 4) is 0 Å². The molecule has 1 aromatic carbocycles. The van der Waals surface area contributed by atoms with Crippen molar-refractivity contribution in [2.75, 3.05) is 13.1 Å². The Kier molecular flexibility index (Phi) is 6.46. The van der Waals surface area contributed by atoms with Crippen molar-refractivity contribution in [2.45, 2.75) is 51.2 Å². The number of aliphatic imine (C=N–C) groups is 1. The molecule has 0 saturated heterocycles. The first-order valence-corrected chi connectivity index (χ1v) is 9.74. The highest BCUT2D eigenvalue weighted by Gasteiger charge is 2.41. The molecule has 0 radical (unpaired) electrons. The fourth-order valence-corrected chi connectivity index (χ4v) is 3.72. The standard InChI is InChI=1S/C20H26F4N4/c1-2-25-19(28-16-6-3-14(4-7-16)20(22,23)24)26-10-9-13-12-27-18-8-5-15(21)11-17(13)18/h5,8,11-12,14,16,27H,2-4,6-7,9-10H2,1H3,(H2,25,26,28). The van der Waals surface area contributed by atoms with Gasteiger partial charge in [0.15, 0.2) is 5.96 Å². The highest BCUT2D eigenvalue weighted by atomic mass is 19.4. The van der Waals surface area contributed by atoms with Gasteiger partial charge in [-0.2, -0.15) is 13.2 Å². The molecule has 1 heterocycles. The molecule has 8 heteroatoms. The van der Waals surface area contributed by atoms with E-state index in [1.807, 2.05) is 13.1 Å². The smallest absolute Gasteiger partial charge is 0.361 e. The summed E-state index contributed by atoms with van der Waals surface area (Å²) < 4.78 is 51.9. The van der Waals surface area contributed by atoms with E-state index in [0.29, 0.717) is 38.3 Å². The number of halogens is 4. The Bertz CT molecular complexity index is 804. The Hall–Kier alpha value is -2.25. The molecular formula is C20H26F4N4. The van der Waals surface area contributed by atoms with Crippen LogP contribution in [0.3, 0.4) is 0 Å². The SMILES string of the molecule is CCNC(=NCCc1c[nH]c2ccc(F)cc12)NC1CCC(C(F)(F)F)CC1. The number of H-pyrrole nitrogens is 1. The summed E-state index contributed by atoms with van der Waals surface area (Å²) in [5.74, 6) is -0.849. The molecule has 1 aromatic heterocycles. The van der Waals surface area contributed by atoms with Crippen LogP contribution in [-0.4, -0.2) is 36.3 Å². The Labute approximate surface area is 161 Å². The van der Waals surface area contributed by atoms with Crippen LogP contribution in [0.5, 0.6) is 0 Å². The van der Waals surface area contributed by atoms with Gasteiger partial charge in [-0.1, -0.05) is 0 Å². The largest absolute Gasteiger partial charge is 0.391 e. The summed E-state index contributed by atoms with van der Waals surface area (Å²) in [7, 11) is 0. The molecule has 1 aliphatic carbocycles. The Morgan fingerprint density at radius 2 is 1.96 bits per heavy atom. The third-order valence-electron chi connectivity index (χ3n) is 5.26. The lowest BCUT2D eigenvalue weighted by atomic mass is 9.85. The van der Waals surface area contributed by atoms with Crippen molar-refractivity contribution >= 4 is 16.9 Å². The fraction of sp³-hybridized carbons (Fsp3) is 0.550. The minimum absolute atomic E-state index is 0.00131. The van der Waals surface area contributed by atoms with Crippen molar-refractivity contribution in [1.29, 1.82) is 0 Å². The molecule has 0 atom stereocenters. The molecule has 3 N–H and O–H groups in total. The molecule has 0 unspecified atom stereocenters. The maximum Gasteiger partial charge on any atom is 0.391 e. The molecule has 0 bridgehead atoms. The highest BCUT2D eigenvalue weighted by molar-refractivity contribution is 5.83. The van der Waals surface area contributed by atoms with Crippen LogP contribution in [-0.2, 0) is 6.42 Å². The van der Waals surface area contributed by atoms with Crippen LogP contribution < -0.4 is 10.6 Å². The first-order valence-electron chi connectivity index (χ1n) is 9.74. The van der Waals surface area contributed by atoms with Crippen LogP contribution in [0, 0.1) is 11.7 Å². The van der Waals surface area contributed by atoms with Gasteiger partial charge in [-0.05, 0) is 62.8 Å². The lowest BCUT2D eigenvalue weighted by Gasteiger charge is -2.31. The van der Waals surface area contributed by atoms with Gasteiger partial charge < -0.3 is 15.6 Å². The molecule has 1 fully saturated rings. The van der Waals surface area contributed by atoms with Gasteiger partial charge >= 0.3 is 6.18 Å². The Balaban J connectivity index is 1.56. The Morgan fingerprint density at radius 3 is 2.64 bits per heavy atom. The van der Waals surface area contributed by atoms with E-state index in [9.17, 15) is 17.6 Å². The maximum atomic E-state index is 13.5. The van der Waals surface area contributed by atoms with Crippen LogP contribution in [0.1, 0.15) is 38.2 Å². The molecule has 28 heavy (non-hydrogen) atoms. The number of benzene rings is 1. The van der Waals surface area contributed by atoms with Gasteiger partial charge in [0.25, 0.3) is 0 Å². The third kappa shape index (κ3) is 5.17. The lowest BCUT2D eigenvalue weighted by Crippen LogP contribution is -2.45. The number of aromatic amines is 1. The summed E-state index contributed by atoms with van der Waals surface area (Å²) in [6.07, 6.45) is -0.322. The molecule has 154 valence electrons. The predicted octanol–water partition coefficient (Wildman–Crippen LogP) is 4.53. The lowest BCUT2D eigenvalue weighted by molar-refractivity contribution is -0.182. The van der Waals surface area contributed by atoms with E-state index in [2.05, 4.69) is 20.6 Å². The topological polar surface area (TPSA) is 52.2 Å². The van der Waals surface area contributed by atoms with Crippen LogP contribution in [0.25, 0.3) is 10.9 Å². The molecular weight excluding hydrogens is 372 g/mol. The third-order valence-corrected chi connectivity index (χ3v) is 5.26. The average Bonchev–Trinajstić information content (AvgIpc) is 3.04. The second kappa shape index (κ2) is 8.84. The van der Waals surface area contributed by atoms with Crippen LogP contribution in [0.4, 0.5) is 17.6 Å². The second-order valence-corrected chi connectivity index (χ2v) is 7.25. The maximum absolute atomic E-state index is 13.5. The first kappa shape index (κ1) is 20.5. The van der Waals surface area contributed by atoms with Crippen molar-refractivity contribution < 1.29 is 17.6 Å². The van der Waals surface area contributed by atoms with Gasteiger partial charge in [-0.25, -0.2) is 4.39 Å². The van der Waals surface area contributed by atoms with E-state index in [0.717, 1.165) is 16.5 Å². The van der Waals surface area contributed by atoms with Crippen molar-refractivity contribution in [2.24, 2.45) is 10.9 Å². The van der Waals surface area contributed by atoms with Gasteiger partial charge in [0.1, 0.15) is 5.82 Å². The molecule has 0 amide bonds. The summed E-state index contributed by atoms with van der Waals surface area (Å²) >= 11 is 0. The van der Waals surface area contributed by atoms with Gasteiger partial charge in [0.2, 0.25) is 0 Å². The number of fused-ring (bicyclic) bond motifs is 1. The van der Waals surface area contributed by atoms with E-state index < -0.39 is 12.1 Å². The number of hydrogen-bond acceptors (Lipinski definition) is 1. The van der Waals surface area contributed by atoms with Crippen molar-refractivity contribution in [3.63, 3.8) is 0 Å². The number of aromatic nitrogens is 1. The number of nitrogens with zero attached hydrogens (tertiary/aromatic N) is 1. The monoisotopic (exact) mass is 398 g/mol. The van der Waals surface area contributed by atoms with Crippen molar-refractivity contribution in [1.82, 2.24) is 15.6 Å². The summed E-state index contributed by atoms with van der Waals surface area (Å²) in [5, 5.41) is 7.25. The molecule has 0 spiro atoms. The van der Waals surface area contributed by atoms with Crippen LogP contribution >= 0.6 is 0 Å². The molecule has 0 aliphatic heterocycles. The van der Waals surface area contributed by atoms with Gasteiger partial charge in [0, 0.05) is 36.2 Å². The van der Waals surface area contributed by atoms with E-state index in [4.69, 9.17) is 0 Å². The summed E-state index contributed by atoms with van der Waals surface area (Å²) in [6, 6.07) is 4.63. The quantitative estimate of drug-likeness (QED) is 0.394. The zero-order valence-corrected chi connectivity index (χ0v) is 15.9. The minimum atomic E-state index is -4.09. The summed E-state index contributed by atoms with van der Waals surface area (Å²) in [6.45, 7) is 3.11. The molecule has 1 saturated carbocycles. The number of rotatable bonds is 5. The zero-order chi connectivity index (χ0) is 20.1. The summed E-state index contributed by atoms with van der Waals surface area (Å²) in [5.41, 5.74) is 1.87. The van der Waals surface area contributed by atoms with Crippen LogP contribution in [0.2, 0.25) is 0 Å². The number of nitrogens with one attached hydrogen (secondary N) is 3. The minimum Gasteiger partial charge on any atom is -0.361 e. The molecule has 1 aliphatic rings. The normalized spacial score (nSPS) is 21.1. The molecule has 3 rings (SSSR count). The van der Waals surface area contributed by atoms with E-state index >= 15 is 0 Å². The number of guanidine groups is 1. The van der Waals surface area contributed by atoms with E-state index in [-0.39, 0.29) is 24.7 Å². The second-order valence-electron chi connectivity index (χ2n) is 7.25. The van der Waals surface area contributed by atoms with Gasteiger partial charge in [0.05, 0.1) is 5.92 Å². The number of hydrogen-bond donors (Lipinski definition) is 3. The van der Waals surface area contributed by atoms with Gasteiger partial charge in [-0.15, -0.1) is 0 Å². The Morgan fingerprint density at radius 1 is 1.21 bits per heavy atom. The van der Waals surface area contributed by atoms with E-state index in [1.54, 1.807) is 6.07 Å². The fourth-order valence-electron chi connectivity index (χ4n) is 3.72. The predicted molar refractivity (Wildman–Crippen MR) is 103 cm³/mol. The van der Waals surface area contributed by atoms with Crippen molar-refractivity contribution in [3.05, 3.63) is 35.8 Å². The van der Waals surface area contributed by atoms with Crippen LogP contribution in [0.15, 0.2) is 29.4 Å². The first-order chi connectivity index (χ1) is 13.4. The average molecular weight is 398 g/mol. The van der Waals surface area contributed by atoms with Gasteiger partial charge in [-0.3, -0.25) is 4.99 Å². The summed E-state index contributed by atoms with van der Waals surface area (Å²) in [4.78, 5) is 7.67. The van der Waals surface area contributed by atoms with E-state index in [1.165, 1.54) is 12.1 Å². The number of alkyl halides is 3. The molecule has 2 aromatic rings.